The van der Waals surface area contributed by atoms with Crippen LogP contribution in [0.15, 0.2) is 199 Å². The van der Waals surface area contributed by atoms with Crippen LogP contribution in [0.4, 0.5) is 0 Å². The Morgan fingerprint density at radius 2 is 0.745 bits per heavy atom. The molecule has 5 heteroatoms. The molecule has 0 atom stereocenters. The molecule has 0 N–H and O–H groups in total. The summed E-state index contributed by atoms with van der Waals surface area (Å²) in [6, 6.07) is 66.1. The van der Waals surface area contributed by atoms with Crippen molar-refractivity contribution in [1.29, 1.82) is 0 Å². The maximum atomic E-state index is 7.02. The molecule has 3 heterocycles. The van der Waals surface area contributed by atoms with E-state index in [1.165, 1.54) is 0 Å². The lowest BCUT2D eigenvalue weighted by molar-refractivity contribution is 0.636. The molecule has 0 bridgehead atoms. The number of benzene rings is 7. The van der Waals surface area contributed by atoms with Crippen molar-refractivity contribution in [2.45, 2.75) is 0 Å². The van der Waals surface area contributed by atoms with Crippen LogP contribution in [-0.4, -0.2) is 19.9 Å². The van der Waals surface area contributed by atoms with Gasteiger partial charge < -0.3 is 4.42 Å². The highest BCUT2D eigenvalue weighted by atomic mass is 16.3. The van der Waals surface area contributed by atoms with E-state index in [9.17, 15) is 0 Å². The highest BCUT2D eigenvalue weighted by Crippen LogP contribution is 2.47. The molecular weight excluding hydrogens is 673 g/mol. The van der Waals surface area contributed by atoms with Gasteiger partial charge in [0.15, 0.2) is 17.5 Å². The minimum Gasteiger partial charge on any atom is -0.455 e. The summed E-state index contributed by atoms with van der Waals surface area (Å²) in [4.78, 5) is 20.0. The molecule has 10 rings (SSSR count). The lowest BCUT2D eigenvalue weighted by atomic mass is 9.94. The molecule has 55 heavy (non-hydrogen) atoms. The SMILES string of the molecule is c1ccc(-c2nc(-c3ccccc3)nc(-c3ccc(-c4ccc5nc(-c6ccccc6)c6c(-c7ccccc7)c(-c7ccccc7)oc6c5c4)cc3)n2)cc1. The lowest BCUT2D eigenvalue weighted by Gasteiger charge is -2.11. The van der Waals surface area contributed by atoms with Crippen LogP contribution in [0.5, 0.6) is 0 Å². The number of furan rings is 1. The highest BCUT2D eigenvalue weighted by molar-refractivity contribution is 6.17. The van der Waals surface area contributed by atoms with E-state index < -0.39 is 0 Å². The Labute approximate surface area is 318 Å². The second kappa shape index (κ2) is 13.8. The molecule has 0 aliphatic heterocycles. The van der Waals surface area contributed by atoms with Crippen LogP contribution in [0, 0.1) is 0 Å². The van der Waals surface area contributed by atoms with Crippen LogP contribution in [0.3, 0.4) is 0 Å². The Kier molecular flexibility index (Phi) is 8.08. The predicted molar refractivity (Wildman–Crippen MR) is 223 cm³/mol. The molecule has 0 saturated carbocycles. The molecule has 7 aromatic carbocycles. The zero-order chi connectivity index (χ0) is 36.6. The van der Waals surface area contributed by atoms with Crippen molar-refractivity contribution in [3.05, 3.63) is 194 Å². The fraction of sp³-hybridized carbons (Fsp3) is 0. The number of rotatable bonds is 7. The van der Waals surface area contributed by atoms with E-state index >= 15 is 0 Å². The van der Waals surface area contributed by atoms with Crippen molar-refractivity contribution in [1.82, 2.24) is 19.9 Å². The number of nitrogens with zero attached hydrogens (tertiary/aromatic N) is 4. The fourth-order valence-corrected chi connectivity index (χ4v) is 7.25. The van der Waals surface area contributed by atoms with Gasteiger partial charge in [-0.05, 0) is 28.8 Å². The first-order valence-corrected chi connectivity index (χ1v) is 18.3. The van der Waals surface area contributed by atoms with Gasteiger partial charge >= 0.3 is 0 Å². The zero-order valence-corrected chi connectivity index (χ0v) is 29.7. The number of hydrogen-bond donors (Lipinski definition) is 0. The Morgan fingerprint density at radius 3 is 1.27 bits per heavy atom. The van der Waals surface area contributed by atoms with Crippen LogP contribution >= 0.6 is 0 Å². The maximum absolute atomic E-state index is 7.02. The Balaban J connectivity index is 1.13. The smallest absolute Gasteiger partial charge is 0.164 e. The summed E-state index contributed by atoms with van der Waals surface area (Å²) in [5.74, 6) is 2.72. The van der Waals surface area contributed by atoms with Gasteiger partial charge in [-0.1, -0.05) is 182 Å². The van der Waals surface area contributed by atoms with Gasteiger partial charge in [0, 0.05) is 38.8 Å². The summed E-state index contributed by atoms with van der Waals surface area (Å²) in [6.45, 7) is 0. The normalized spacial score (nSPS) is 11.3. The largest absolute Gasteiger partial charge is 0.455 e. The summed E-state index contributed by atoms with van der Waals surface area (Å²) in [7, 11) is 0. The molecule has 3 aromatic heterocycles. The third-order valence-electron chi connectivity index (χ3n) is 9.94. The van der Waals surface area contributed by atoms with Crippen molar-refractivity contribution in [2.24, 2.45) is 0 Å². The van der Waals surface area contributed by atoms with Gasteiger partial charge in [-0.25, -0.2) is 19.9 Å². The maximum Gasteiger partial charge on any atom is 0.164 e. The van der Waals surface area contributed by atoms with Crippen LogP contribution < -0.4 is 0 Å². The average molecular weight is 705 g/mol. The third kappa shape index (κ3) is 6.04. The van der Waals surface area contributed by atoms with E-state index in [2.05, 4.69) is 115 Å². The number of aromatic nitrogens is 4. The second-order valence-corrected chi connectivity index (χ2v) is 13.4. The Bertz CT molecular complexity index is 2870. The minimum atomic E-state index is 0.620. The Morgan fingerprint density at radius 1 is 0.327 bits per heavy atom. The van der Waals surface area contributed by atoms with Crippen molar-refractivity contribution in [3.8, 4) is 79.0 Å². The highest BCUT2D eigenvalue weighted by Gasteiger charge is 2.24. The average Bonchev–Trinajstić information content (AvgIpc) is 3.69. The molecule has 0 unspecified atom stereocenters. The van der Waals surface area contributed by atoms with E-state index in [1.807, 2.05) is 78.9 Å². The molecule has 0 fully saturated rings. The van der Waals surface area contributed by atoms with Crippen molar-refractivity contribution >= 4 is 21.9 Å². The predicted octanol–water partition coefficient (Wildman–Crippen LogP) is 12.8. The Hall–Kier alpha value is -7.50. The third-order valence-corrected chi connectivity index (χ3v) is 9.94. The summed E-state index contributed by atoms with van der Waals surface area (Å²) < 4.78 is 7.02. The van der Waals surface area contributed by atoms with Crippen molar-refractivity contribution < 1.29 is 4.42 Å². The lowest BCUT2D eigenvalue weighted by Crippen LogP contribution is -2.00. The fourth-order valence-electron chi connectivity index (χ4n) is 7.25. The van der Waals surface area contributed by atoms with Gasteiger partial charge in [-0.3, -0.25) is 0 Å². The molecule has 0 saturated heterocycles. The molecule has 0 amide bonds. The van der Waals surface area contributed by atoms with Crippen LogP contribution in [0.25, 0.3) is 101 Å². The zero-order valence-electron chi connectivity index (χ0n) is 29.7. The number of hydrogen-bond acceptors (Lipinski definition) is 5. The first kappa shape index (κ1) is 32.2. The van der Waals surface area contributed by atoms with Gasteiger partial charge in [-0.2, -0.15) is 0 Å². The van der Waals surface area contributed by atoms with Crippen LogP contribution in [0.2, 0.25) is 0 Å². The van der Waals surface area contributed by atoms with Crippen LogP contribution in [0.1, 0.15) is 0 Å². The van der Waals surface area contributed by atoms with E-state index in [-0.39, 0.29) is 0 Å². The standard InChI is InChI=1S/C50H32N4O/c1-6-16-34(17-7-1)43-44-45(35-18-8-2-9-19-35)51-42-31-30-40(32-41(42)47(44)55-46(43)36-20-10-3-11-21-36)33-26-28-39(29-27-33)50-53-48(37-22-12-4-13-23-37)52-49(54-50)38-24-14-5-15-25-38/h1-32H. The summed E-state index contributed by atoms with van der Waals surface area (Å²) >= 11 is 0. The molecular formula is C50H32N4O. The minimum absolute atomic E-state index is 0.620. The van der Waals surface area contributed by atoms with E-state index in [4.69, 9.17) is 24.4 Å². The molecule has 5 nitrogen and oxygen atoms in total. The van der Waals surface area contributed by atoms with Gasteiger partial charge in [0.1, 0.15) is 11.3 Å². The number of pyridine rings is 1. The molecule has 258 valence electrons. The molecule has 0 spiro atoms. The molecule has 0 aliphatic rings. The van der Waals surface area contributed by atoms with Gasteiger partial charge in [0.05, 0.1) is 16.6 Å². The molecule has 0 aliphatic carbocycles. The second-order valence-electron chi connectivity index (χ2n) is 13.4. The van der Waals surface area contributed by atoms with Gasteiger partial charge in [-0.15, -0.1) is 0 Å². The van der Waals surface area contributed by atoms with E-state index in [1.54, 1.807) is 0 Å². The van der Waals surface area contributed by atoms with Crippen LogP contribution in [-0.2, 0) is 0 Å². The van der Waals surface area contributed by atoms with Gasteiger partial charge in [0.25, 0.3) is 0 Å². The topological polar surface area (TPSA) is 64.7 Å². The first-order valence-electron chi connectivity index (χ1n) is 18.3. The first-order chi connectivity index (χ1) is 27.3. The van der Waals surface area contributed by atoms with Gasteiger partial charge in [0.2, 0.25) is 0 Å². The summed E-state index contributed by atoms with van der Waals surface area (Å²) in [6.07, 6.45) is 0. The van der Waals surface area contributed by atoms with Crippen molar-refractivity contribution in [2.75, 3.05) is 0 Å². The quantitative estimate of drug-likeness (QED) is 0.165. The molecule has 10 aromatic rings. The molecule has 0 radical (unpaired) electrons. The number of fused-ring (bicyclic) bond motifs is 3. The summed E-state index contributed by atoms with van der Waals surface area (Å²) in [5, 5.41) is 1.95. The van der Waals surface area contributed by atoms with Crippen molar-refractivity contribution in [3.63, 3.8) is 0 Å². The van der Waals surface area contributed by atoms with E-state index in [0.29, 0.717) is 17.5 Å². The monoisotopic (exact) mass is 704 g/mol. The van der Waals surface area contributed by atoms with E-state index in [0.717, 1.165) is 83.4 Å². The summed E-state index contributed by atoms with van der Waals surface area (Å²) in [5.41, 5.74) is 11.6.